The van der Waals surface area contributed by atoms with Crippen LogP contribution in [0.4, 0.5) is 5.69 Å². The number of hydrogen-bond donors (Lipinski definition) is 0. The van der Waals surface area contributed by atoms with E-state index in [1.165, 1.54) is 12.1 Å². The molecule has 28 heavy (non-hydrogen) atoms. The second-order valence-corrected chi connectivity index (χ2v) is 7.93. The molecule has 0 radical (unpaired) electrons. The first-order valence-corrected chi connectivity index (χ1v) is 9.54. The van der Waals surface area contributed by atoms with Gasteiger partial charge in [-0.1, -0.05) is 27.7 Å². The number of fused-ring (bicyclic) bond motifs is 1. The van der Waals surface area contributed by atoms with Gasteiger partial charge in [-0.25, -0.2) is 0 Å². The second kappa shape index (κ2) is 8.95. The first kappa shape index (κ1) is 21.5. The van der Waals surface area contributed by atoms with E-state index in [0.717, 1.165) is 23.8 Å². The van der Waals surface area contributed by atoms with Gasteiger partial charge in [-0.3, -0.25) is 29.4 Å². The SMILES string of the molecule is CC(C)CCN(CCC(C)C)C(=O)CN1C(=O)c2ccc([N+](=O)[O-])cc2C1=O. The summed E-state index contributed by atoms with van der Waals surface area (Å²) in [6, 6.07) is 3.55. The van der Waals surface area contributed by atoms with E-state index in [-0.39, 0.29) is 29.3 Å². The van der Waals surface area contributed by atoms with Crippen LogP contribution < -0.4 is 0 Å². The quantitative estimate of drug-likeness (QED) is 0.367. The van der Waals surface area contributed by atoms with E-state index >= 15 is 0 Å². The molecule has 1 aliphatic heterocycles. The maximum absolute atomic E-state index is 12.8. The van der Waals surface area contributed by atoms with E-state index in [1.54, 1.807) is 4.90 Å². The van der Waals surface area contributed by atoms with Gasteiger partial charge in [0.25, 0.3) is 17.5 Å². The Labute approximate surface area is 164 Å². The number of amides is 3. The second-order valence-electron chi connectivity index (χ2n) is 7.93. The van der Waals surface area contributed by atoms with Crippen molar-refractivity contribution in [2.75, 3.05) is 19.6 Å². The number of imide groups is 1. The van der Waals surface area contributed by atoms with Gasteiger partial charge in [0.15, 0.2) is 0 Å². The third kappa shape index (κ3) is 4.94. The van der Waals surface area contributed by atoms with Crippen molar-refractivity contribution in [1.29, 1.82) is 0 Å². The van der Waals surface area contributed by atoms with Gasteiger partial charge in [0.2, 0.25) is 5.91 Å². The number of benzene rings is 1. The van der Waals surface area contributed by atoms with Crippen molar-refractivity contribution in [3.05, 3.63) is 39.4 Å². The highest BCUT2D eigenvalue weighted by molar-refractivity contribution is 6.22. The average Bonchev–Trinajstić information content (AvgIpc) is 2.85. The van der Waals surface area contributed by atoms with E-state index in [2.05, 4.69) is 27.7 Å². The molecule has 0 aromatic heterocycles. The zero-order valence-corrected chi connectivity index (χ0v) is 16.8. The van der Waals surface area contributed by atoms with Crippen LogP contribution in [0.25, 0.3) is 0 Å². The highest BCUT2D eigenvalue weighted by Crippen LogP contribution is 2.26. The van der Waals surface area contributed by atoms with Gasteiger partial charge in [-0.05, 0) is 30.7 Å². The number of carbonyl (C=O) groups excluding carboxylic acids is 3. The third-order valence-corrected chi connectivity index (χ3v) is 4.76. The Hall–Kier alpha value is -2.77. The third-order valence-electron chi connectivity index (χ3n) is 4.76. The molecule has 0 spiro atoms. The fourth-order valence-electron chi connectivity index (χ4n) is 2.96. The van der Waals surface area contributed by atoms with Crippen LogP contribution in [0.3, 0.4) is 0 Å². The molecule has 0 saturated heterocycles. The van der Waals surface area contributed by atoms with Gasteiger partial charge < -0.3 is 4.90 Å². The van der Waals surface area contributed by atoms with Crippen molar-refractivity contribution < 1.29 is 19.3 Å². The summed E-state index contributed by atoms with van der Waals surface area (Å²) in [5.74, 6) is -0.686. The number of non-ortho nitro benzene ring substituents is 1. The lowest BCUT2D eigenvalue weighted by Crippen LogP contribution is -2.43. The predicted octanol–water partition coefficient (Wildman–Crippen LogP) is 3.11. The van der Waals surface area contributed by atoms with E-state index in [0.29, 0.717) is 24.9 Å². The van der Waals surface area contributed by atoms with Crippen LogP contribution in [-0.2, 0) is 4.79 Å². The van der Waals surface area contributed by atoms with Crippen LogP contribution in [-0.4, -0.2) is 52.1 Å². The van der Waals surface area contributed by atoms with Crippen molar-refractivity contribution in [1.82, 2.24) is 9.80 Å². The molecule has 0 atom stereocenters. The van der Waals surface area contributed by atoms with Gasteiger partial charge in [-0.2, -0.15) is 0 Å². The highest BCUT2D eigenvalue weighted by Gasteiger charge is 2.38. The summed E-state index contributed by atoms with van der Waals surface area (Å²) in [6.45, 7) is 9.07. The van der Waals surface area contributed by atoms with Gasteiger partial charge in [0, 0.05) is 25.2 Å². The van der Waals surface area contributed by atoms with E-state index in [9.17, 15) is 24.5 Å². The lowest BCUT2D eigenvalue weighted by Gasteiger charge is -2.26. The van der Waals surface area contributed by atoms with Crippen molar-refractivity contribution in [3.63, 3.8) is 0 Å². The topological polar surface area (TPSA) is 101 Å². The van der Waals surface area contributed by atoms with Crippen molar-refractivity contribution in [2.24, 2.45) is 11.8 Å². The molecule has 2 rings (SSSR count). The predicted molar refractivity (Wildman–Crippen MR) is 104 cm³/mol. The molecule has 8 heteroatoms. The van der Waals surface area contributed by atoms with E-state index < -0.39 is 16.7 Å². The lowest BCUT2D eigenvalue weighted by atomic mass is 10.1. The summed E-state index contributed by atoms with van der Waals surface area (Å²) in [5, 5.41) is 10.9. The van der Waals surface area contributed by atoms with Crippen LogP contribution >= 0.6 is 0 Å². The zero-order chi connectivity index (χ0) is 21.0. The minimum Gasteiger partial charge on any atom is -0.341 e. The fraction of sp³-hybridized carbons (Fsp3) is 0.550. The molecule has 1 aromatic rings. The Morgan fingerprint density at radius 3 is 2.07 bits per heavy atom. The normalized spacial score (nSPS) is 13.4. The monoisotopic (exact) mass is 389 g/mol. The first-order chi connectivity index (χ1) is 13.1. The molecule has 0 bridgehead atoms. The average molecular weight is 389 g/mol. The number of hydrogen-bond acceptors (Lipinski definition) is 5. The molecule has 0 unspecified atom stereocenters. The number of nitrogens with zero attached hydrogens (tertiary/aromatic N) is 3. The van der Waals surface area contributed by atoms with E-state index in [1.807, 2.05) is 0 Å². The number of nitro groups is 1. The molecular formula is C20H27N3O5. The number of rotatable bonds is 9. The fourth-order valence-corrected chi connectivity index (χ4v) is 2.96. The lowest BCUT2D eigenvalue weighted by molar-refractivity contribution is -0.384. The number of carbonyl (C=O) groups is 3. The molecule has 3 amide bonds. The summed E-state index contributed by atoms with van der Waals surface area (Å²) in [4.78, 5) is 50.8. The maximum atomic E-state index is 12.8. The molecule has 0 fully saturated rings. The van der Waals surface area contributed by atoms with Crippen LogP contribution in [0, 0.1) is 22.0 Å². The Morgan fingerprint density at radius 1 is 1.04 bits per heavy atom. The summed E-state index contributed by atoms with van der Waals surface area (Å²) in [6.07, 6.45) is 1.66. The minimum atomic E-state index is -0.662. The minimum absolute atomic E-state index is 0.0251. The van der Waals surface area contributed by atoms with Crippen LogP contribution in [0.2, 0.25) is 0 Å². The van der Waals surface area contributed by atoms with Crippen LogP contribution in [0.15, 0.2) is 18.2 Å². The summed E-state index contributed by atoms with van der Waals surface area (Å²) < 4.78 is 0. The summed E-state index contributed by atoms with van der Waals surface area (Å²) >= 11 is 0. The molecule has 0 aliphatic carbocycles. The molecule has 152 valence electrons. The summed E-state index contributed by atoms with van der Waals surface area (Å²) in [7, 11) is 0. The summed E-state index contributed by atoms with van der Waals surface area (Å²) in [5.41, 5.74) is -0.189. The number of nitro benzene ring substituents is 1. The van der Waals surface area contributed by atoms with E-state index in [4.69, 9.17) is 0 Å². The molecular weight excluding hydrogens is 362 g/mol. The Morgan fingerprint density at radius 2 is 1.57 bits per heavy atom. The molecule has 8 nitrogen and oxygen atoms in total. The molecule has 0 saturated carbocycles. The van der Waals surface area contributed by atoms with Crippen LogP contribution in [0.1, 0.15) is 61.3 Å². The standard InChI is InChI=1S/C20H27N3O5/c1-13(2)7-9-21(10-8-14(3)4)18(24)12-22-19(25)16-6-5-15(23(27)28)11-17(16)20(22)26/h5-6,11,13-14H,7-10,12H2,1-4H3. The zero-order valence-electron chi connectivity index (χ0n) is 16.8. The molecule has 0 N–H and O–H groups in total. The Kier molecular flexibility index (Phi) is 6.88. The molecule has 1 aromatic carbocycles. The van der Waals surface area contributed by atoms with Gasteiger partial charge in [0.05, 0.1) is 16.1 Å². The highest BCUT2D eigenvalue weighted by atomic mass is 16.6. The van der Waals surface area contributed by atoms with Gasteiger partial charge >= 0.3 is 0 Å². The van der Waals surface area contributed by atoms with Crippen molar-refractivity contribution >= 4 is 23.4 Å². The molecule has 1 heterocycles. The smallest absolute Gasteiger partial charge is 0.270 e. The largest absolute Gasteiger partial charge is 0.341 e. The molecule has 1 aliphatic rings. The van der Waals surface area contributed by atoms with Crippen molar-refractivity contribution in [2.45, 2.75) is 40.5 Å². The Balaban J connectivity index is 2.15. The van der Waals surface area contributed by atoms with Gasteiger partial charge in [0.1, 0.15) is 6.54 Å². The Bertz CT molecular complexity index is 776. The van der Waals surface area contributed by atoms with Crippen LogP contribution in [0.5, 0.6) is 0 Å². The first-order valence-electron chi connectivity index (χ1n) is 9.54. The van der Waals surface area contributed by atoms with Gasteiger partial charge in [-0.15, -0.1) is 0 Å². The maximum Gasteiger partial charge on any atom is 0.270 e. The van der Waals surface area contributed by atoms with Crippen molar-refractivity contribution in [3.8, 4) is 0 Å².